The number of hydrogen-bond acceptors (Lipinski definition) is 7. The van der Waals surface area contributed by atoms with Crippen LogP contribution < -0.4 is 39.4 Å². The van der Waals surface area contributed by atoms with Crippen molar-refractivity contribution in [2.45, 2.75) is 13.3 Å². The van der Waals surface area contributed by atoms with Crippen molar-refractivity contribution in [1.29, 1.82) is 0 Å². The molecule has 0 spiro atoms. The minimum Gasteiger partial charge on any atom is -0.550 e. The summed E-state index contributed by atoms with van der Waals surface area (Å²) in [5.74, 6) is -0.0853. The Morgan fingerprint density at radius 3 is 2.72 bits per heavy atom. The molecule has 0 aromatic carbocycles. The van der Waals surface area contributed by atoms with Crippen molar-refractivity contribution in [3.63, 3.8) is 0 Å². The molecule has 25 heavy (non-hydrogen) atoms. The van der Waals surface area contributed by atoms with Gasteiger partial charge in [-0.25, -0.2) is 9.97 Å². The van der Waals surface area contributed by atoms with Crippen LogP contribution in [-0.4, -0.2) is 22.5 Å². The summed E-state index contributed by atoms with van der Waals surface area (Å²) in [5, 5.41) is 11.0. The fraction of sp³-hybridized carbons (Fsp3) is 0.188. The van der Waals surface area contributed by atoms with E-state index in [1.165, 1.54) is 11.3 Å². The second-order valence-corrected chi connectivity index (χ2v) is 6.48. The molecule has 0 N–H and O–H groups in total. The molecule has 0 aliphatic heterocycles. The van der Waals surface area contributed by atoms with Gasteiger partial charge in [-0.1, -0.05) is 11.6 Å². The summed E-state index contributed by atoms with van der Waals surface area (Å²) < 4.78 is 11.6. The number of carbonyl (C=O) groups excluding carboxylic acids is 1. The standard InChI is InChI=1S/C16H13ClN2O4S.Na/c1-2-22-13-6-3-9(8-18-13)16-19-10(7-14(20)21)15(23-16)11-4-5-12(17)24-11;/h3-6,8H,2,7H2,1H3,(H,20,21);/q;+1/p-1. The molecule has 0 aliphatic rings. The maximum absolute atomic E-state index is 11.0. The van der Waals surface area contributed by atoms with E-state index in [-0.39, 0.29) is 47.6 Å². The van der Waals surface area contributed by atoms with Gasteiger partial charge in [0.1, 0.15) is 0 Å². The normalized spacial score (nSPS) is 10.3. The van der Waals surface area contributed by atoms with E-state index in [0.717, 1.165) is 0 Å². The number of halogens is 1. The van der Waals surface area contributed by atoms with Crippen LogP contribution in [0.2, 0.25) is 4.34 Å². The number of nitrogens with zero attached hydrogens (tertiary/aromatic N) is 2. The molecule has 0 bridgehead atoms. The first-order valence-electron chi connectivity index (χ1n) is 7.11. The summed E-state index contributed by atoms with van der Waals surface area (Å²) in [4.78, 5) is 20.1. The van der Waals surface area contributed by atoms with Crippen molar-refractivity contribution in [2.75, 3.05) is 6.61 Å². The van der Waals surface area contributed by atoms with E-state index < -0.39 is 5.97 Å². The van der Waals surface area contributed by atoms with Gasteiger partial charge in [-0.15, -0.1) is 11.3 Å². The molecule has 3 rings (SSSR count). The van der Waals surface area contributed by atoms with Crippen molar-refractivity contribution in [2.24, 2.45) is 0 Å². The Bertz CT molecular complexity index is 863. The largest absolute Gasteiger partial charge is 1.00 e. The number of pyridine rings is 1. The number of aromatic nitrogens is 2. The fourth-order valence-electron chi connectivity index (χ4n) is 2.10. The van der Waals surface area contributed by atoms with E-state index in [1.807, 2.05) is 6.92 Å². The zero-order chi connectivity index (χ0) is 17.1. The molecule has 0 amide bonds. The third-order valence-electron chi connectivity index (χ3n) is 3.08. The van der Waals surface area contributed by atoms with E-state index in [0.29, 0.717) is 33.0 Å². The van der Waals surface area contributed by atoms with Crippen molar-refractivity contribution in [1.82, 2.24) is 9.97 Å². The smallest absolute Gasteiger partial charge is 0.550 e. The summed E-state index contributed by atoms with van der Waals surface area (Å²) in [5.41, 5.74) is 0.907. The monoisotopic (exact) mass is 386 g/mol. The zero-order valence-electron chi connectivity index (χ0n) is 13.6. The Kier molecular flexibility index (Phi) is 7.04. The van der Waals surface area contributed by atoms with Crippen LogP contribution in [0.1, 0.15) is 12.6 Å². The quantitative estimate of drug-likeness (QED) is 0.546. The first kappa shape index (κ1) is 19.9. The summed E-state index contributed by atoms with van der Waals surface area (Å²) in [6.45, 7) is 2.39. The maximum atomic E-state index is 11.0. The van der Waals surface area contributed by atoms with Gasteiger partial charge in [0, 0.05) is 24.7 Å². The van der Waals surface area contributed by atoms with Gasteiger partial charge in [-0.05, 0) is 25.1 Å². The Labute approximate surface area is 175 Å². The van der Waals surface area contributed by atoms with E-state index in [2.05, 4.69) is 9.97 Å². The molecule has 0 atom stereocenters. The van der Waals surface area contributed by atoms with Crippen LogP contribution in [0.3, 0.4) is 0 Å². The van der Waals surface area contributed by atoms with E-state index >= 15 is 0 Å². The summed E-state index contributed by atoms with van der Waals surface area (Å²) in [7, 11) is 0. The van der Waals surface area contributed by atoms with Crippen LogP contribution in [0.15, 0.2) is 34.9 Å². The van der Waals surface area contributed by atoms with Crippen molar-refractivity contribution in [3.8, 4) is 28.0 Å². The maximum Gasteiger partial charge on any atom is 1.00 e. The summed E-state index contributed by atoms with van der Waals surface area (Å²) in [6, 6.07) is 6.92. The van der Waals surface area contributed by atoms with Gasteiger partial charge < -0.3 is 19.1 Å². The number of carboxylic acid groups (broad SMARTS) is 1. The summed E-state index contributed by atoms with van der Waals surface area (Å²) >= 11 is 7.23. The molecule has 124 valence electrons. The van der Waals surface area contributed by atoms with Crippen molar-refractivity contribution in [3.05, 3.63) is 40.5 Å². The van der Waals surface area contributed by atoms with Crippen LogP contribution in [0.5, 0.6) is 5.88 Å². The minimum atomic E-state index is -1.23. The molecule has 3 aromatic rings. The van der Waals surface area contributed by atoms with Gasteiger partial charge in [0.2, 0.25) is 11.8 Å². The number of thiophene rings is 1. The average Bonchev–Trinajstić information content (AvgIpc) is 3.14. The van der Waals surface area contributed by atoms with Crippen molar-refractivity contribution >= 4 is 28.9 Å². The molecule has 3 aromatic heterocycles. The van der Waals surface area contributed by atoms with Gasteiger partial charge in [0.05, 0.1) is 27.1 Å². The number of aliphatic carboxylic acids is 1. The number of oxazole rings is 1. The summed E-state index contributed by atoms with van der Waals surface area (Å²) in [6.07, 6.45) is 1.21. The minimum absolute atomic E-state index is 0. The topological polar surface area (TPSA) is 88.3 Å². The van der Waals surface area contributed by atoms with Gasteiger partial charge >= 0.3 is 29.6 Å². The Hall–Kier alpha value is -1.38. The average molecular weight is 387 g/mol. The van der Waals surface area contributed by atoms with Gasteiger partial charge in [0.15, 0.2) is 5.76 Å². The molecule has 0 saturated carbocycles. The predicted octanol–water partition coefficient (Wildman–Crippen LogP) is -0.186. The number of rotatable bonds is 6. The molecule has 0 radical (unpaired) electrons. The molecule has 6 nitrogen and oxygen atoms in total. The third kappa shape index (κ3) is 4.83. The van der Waals surface area contributed by atoms with E-state index in [1.54, 1.807) is 30.5 Å². The van der Waals surface area contributed by atoms with E-state index in [4.69, 9.17) is 20.8 Å². The Morgan fingerprint density at radius 2 is 2.16 bits per heavy atom. The van der Waals surface area contributed by atoms with Gasteiger partial charge in [0.25, 0.3) is 0 Å². The SMILES string of the molecule is CCOc1ccc(-c2nc(CC(=O)[O-])c(-c3ccc(Cl)s3)o2)cn1.[Na+]. The van der Waals surface area contributed by atoms with Crippen molar-refractivity contribution < 1.29 is 48.6 Å². The molecule has 0 unspecified atom stereocenters. The number of carboxylic acids is 1. The molecule has 3 heterocycles. The fourth-order valence-corrected chi connectivity index (χ4v) is 3.15. The van der Waals surface area contributed by atoms with Gasteiger partial charge in [-0.3, -0.25) is 0 Å². The molecule has 0 saturated heterocycles. The third-order valence-corrected chi connectivity index (χ3v) is 4.31. The number of hydrogen-bond donors (Lipinski definition) is 0. The molecular weight excluding hydrogens is 375 g/mol. The first-order chi connectivity index (χ1) is 11.6. The van der Waals surface area contributed by atoms with Crippen LogP contribution >= 0.6 is 22.9 Å². The second kappa shape index (κ2) is 8.82. The first-order valence-corrected chi connectivity index (χ1v) is 8.30. The Balaban J connectivity index is 0.00000225. The van der Waals surface area contributed by atoms with Gasteiger partial charge in [-0.2, -0.15) is 0 Å². The van der Waals surface area contributed by atoms with Crippen LogP contribution in [0.25, 0.3) is 22.1 Å². The predicted molar refractivity (Wildman–Crippen MR) is 87.9 cm³/mol. The van der Waals surface area contributed by atoms with E-state index in [9.17, 15) is 9.90 Å². The number of carbonyl (C=O) groups is 1. The second-order valence-electron chi connectivity index (χ2n) is 4.77. The van der Waals surface area contributed by atoms with Crippen LogP contribution in [-0.2, 0) is 11.2 Å². The van der Waals surface area contributed by atoms with Crippen LogP contribution in [0.4, 0.5) is 0 Å². The molecule has 0 aliphatic carbocycles. The van der Waals surface area contributed by atoms with Crippen LogP contribution in [0, 0.1) is 0 Å². The number of ether oxygens (including phenoxy) is 1. The molecular formula is C16H12ClN2NaO4S. The zero-order valence-corrected chi connectivity index (χ0v) is 17.2. The Morgan fingerprint density at radius 1 is 1.36 bits per heavy atom. The molecule has 9 heteroatoms. The molecule has 0 fully saturated rings.